The Bertz CT molecular complexity index is 1190. The molecule has 1 aliphatic rings. The van der Waals surface area contributed by atoms with Gasteiger partial charge in [0.05, 0.1) is 11.3 Å². The zero-order valence-electron chi connectivity index (χ0n) is 16.3. The summed E-state index contributed by atoms with van der Waals surface area (Å²) in [6.45, 7) is 1.79. The van der Waals surface area contributed by atoms with Gasteiger partial charge in [0.15, 0.2) is 0 Å². The third kappa shape index (κ3) is 3.53. The molecule has 0 bridgehead atoms. The Hall–Kier alpha value is -3.99. The first-order valence-electron chi connectivity index (χ1n) is 9.94. The molecule has 0 atom stereocenters. The molecule has 0 unspecified atom stereocenters. The summed E-state index contributed by atoms with van der Waals surface area (Å²) in [5.74, 6) is 2.39. The highest BCUT2D eigenvalue weighted by molar-refractivity contribution is 5.65. The van der Waals surface area contributed by atoms with Crippen LogP contribution in [-0.4, -0.2) is 43.7 Å². The Kier molecular flexibility index (Phi) is 4.69. The molecule has 0 spiro atoms. The van der Waals surface area contributed by atoms with Gasteiger partial charge in [-0.3, -0.25) is 0 Å². The topological polar surface area (TPSA) is 95.0 Å². The van der Waals surface area contributed by atoms with E-state index < -0.39 is 0 Å². The molecule has 30 heavy (non-hydrogen) atoms. The average molecular weight is 396 g/mol. The molecule has 0 radical (unpaired) electrons. The minimum Gasteiger partial charge on any atom is -0.367 e. The van der Waals surface area contributed by atoms with Gasteiger partial charge in [0, 0.05) is 37.0 Å². The van der Waals surface area contributed by atoms with Crippen molar-refractivity contribution < 1.29 is 0 Å². The van der Waals surface area contributed by atoms with Crippen molar-refractivity contribution in [2.45, 2.75) is 18.9 Å². The first-order valence-corrected chi connectivity index (χ1v) is 9.94. The Morgan fingerprint density at radius 2 is 1.87 bits per heavy atom. The summed E-state index contributed by atoms with van der Waals surface area (Å²) in [6.07, 6.45) is 5.10. The SMILES string of the molecule is N#Cc1ccc(N2CCC(Nc3cc(-c4ccccc4)nc4ncnn34)CC2)nc1. The summed E-state index contributed by atoms with van der Waals surface area (Å²) in [6, 6.07) is 18.3. The van der Waals surface area contributed by atoms with Crippen molar-refractivity contribution in [3.05, 3.63) is 66.6 Å². The zero-order chi connectivity index (χ0) is 20.3. The third-order valence-electron chi connectivity index (χ3n) is 5.37. The maximum Gasteiger partial charge on any atom is 0.254 e. The standard InChI is InChI=1S/C22H20N8/c23-13-16-6-7-20(24-14-16)29-10-8-18(9-11-29)27-21-12-19(17-4-2-1-3-5-17)28-22-25-15-26-30(21)22/h1-7,12,14-15,18,27H,8-11H2. The molecule has 1 aromatic carbocycles. The minimum atomic E-state index is 0.318. The molecule has 1 saturated heterocycles. The molecule has 1 aliphatic heterocycles. The van der Waals surface area contributed by atoms with E-state index in [1.165, 1.54) is 6.33 Å². The second-order valence-corrected chi connectivity index (χ2v) is 7.29. The third-order valence-corrected chi connectivity index (χ3v) is 5.37. The molecule has 0 amide bonds. The average Bonchev–Trinajstić information content (AvgIpc) is 3.29. The van der Waals surface area contributed by atoms with Crippen LogP contribution in [0.15, 0.2) is 61.1 Å². The number of pyridine rings is 1. The number of benzene rings is 1. The Morgan fingerprint density at radius 3 is 2.60 bits per heavy atom. The first kappa shape index (κ1) is 18.1. The highest BCUT2D eigenvalue weighted by Crippen LogP contribution is 2.24. The summed E-state index contributed by atoms with van der Waals surface area (Å²) in [5.41, 5.74) is 2.50. The first-order chi connectivity index (χ1) is 14.8. The lowest BCUT2D eigenvalue weighted by molar-refractivity contribution is 0.521. The number of nitrogens with one attached hydrogen (secondary N) is 1. The molecular weight excluding hydrogens is 376 g/mol. The van der Waals surface area contributed by atoms with Gasteiger partial charge in [-0.1, -0.05) is 30.3 Å². The van der Waals surface area contributed by atoms with Crippen LogP contribution in [0.3, 0.4) is 0 Å². The van der Waals surface area contributed by atoms with Crippen LogP contribution in [0, 0.1) is 11.3 Å². The Labute approximate surface area is 173 Å². The van der Waals surface area contributed by atoms with Crippen molar-refractivity contribution in [3.8, 4) is 17.3 Å². The van der Waals surface area contributed by atoms with Crippen LogP contribution in [0.4, 0.5) is 11.6 Å². The van der Waals surface area contributed by atoms with Gasteiger partial charge in [0.25, 0.3) is 5.78 Å². The van der Waals surface area contributed by atoms with E-state index in [0.717, 1.165) is 48.8 Å². The van der Waals surface area contributed by atoms with Crippen molar-refractivity contribution in [2.75, 3.05) is 23.3 Å². The molecule has 4 heterocycles. The molecule has 4 aromatic rings. The fourth-order valence-electron chi connectivity index (χ4n) is 3.77. The van der Waals surface area contributed by atoms with Crippen LogP contribution in [0.1, 0.15) is 18.4 Å². The second-order valence-electron chi connectivity index (χ2n) is 7.29. The summed E-state index contributed by atoms with van der Waals surface area (Å²) >= 11 is 0. The maximum absolute atomic E-state index is 8.94. The number of anilines is 2. The second kappa shape index (κ2) is 7.79. The van der Waals surface area contributed by atoms with Crippen LogP contribution in [-0.2, 0) is 0 Å². The molecule has 0 aliphatic carbocycles. The predicted octanol–water partition coefficient (Wildman–Crippen LogP) is 3.14. The number of piperidine rings is 1. The highest BCUT2D eigenvalue weighted by atomic mass is 15.4. The smallest absolute Gasteiger partial charge is 0.254 e. The van der Waals surface area contributed by atoms with Gasteiger partial charge in [-0.2, -0.15) is 19.9 Å². The molecule has 148 valence electrons. The molecular formula is C22H20N8. The summed E-state index contributed by atoms with van der Waals surface area (Å²) in [4.78, 5) is 15.6. The van der Waals surface area contributed by atoms with Crippen LogP contribution < -0.4 is 10.2 Å². The van der Waals surface area contributed by atoms with E-state index in [1.807, 2.05) is 48.5 Å². The van der Waals surface area contributed by atoms with Crippen LogP contribution in [0.25, 0.3) is 17.0 Å². The number of rotatable bonds is 4. The van der Waals surface area contributed by atoms with E-state index in [0.29, 0.717) is 17.4 Å². The van der Waals surface area contributed by atoms with Crippen molar-refractivity contribution in [1.29, 1.82) is 5.26 Å². The molecule has 3 aromatic heterocycles. The van der Waals surface area contributed by atoms with E-state index in [9.17, 15) is 0 Å². The molecule has 5 rings (SSSR count). The molecule has 8 nitrogen and oxygen atoms in total. The number of hydrogen-bond acceptors (Lipinski definition) is 7. The molecule has 1 N–H and O–H groups in total. The van der Waals surface area contributed by atoms with E-state index in [-0.39, 0.29) is 0 Å². The van der Waals surface area contributed by atoms with E-state index >= 15 is 0 Å². The quantitative estimate of drug-likeness (QED) is 0.566. The van der Waals surface area contributed by atoms with Crippen molar-refractivity contribution in [2.24, 2.45) is 0 Å². The van der Waals surface area contributed by atoms with Gasteiger partial charge in [-0.25, -0.2) is 9.97 Å². The zero-order valence-corrected chi connectivity index (χ0v) is 16.3. The van der Waals surface area contributed by atoms with Gasteiger partial charge in [-0.05, 0) is 25.0 Å². The monoisotopic (exact) mass is 396 g/mol. The molecule has 1 fully saturated rings. The lowest BCUT2D eigenvalue weighted by atomic mass is 10.0. The van der Waals surface area contributed by atoms with Crippen LogP contribution >= 0.6 is 0 Å². The van der Waals surface area contributed by atoms with Crippen LogP contribution in [0.2, 0.25) is 0 Å². The maximum atomic E-state index is 8.94. The largest absolute Gasteiger partial charge is 0.367 e. The summed E-state index contributed by atoms with van der Waals surface area (Å²) < 4.78 is 1.75. The Balaban J connectivity index is 1.33. The van der Waals surface area contributed by atoms with Gasteiger partial charge >= 0.3 is 0 Å². The number of nitriles is 1. The normalized spacial score (nSPS) is 14.6. The van der Waals surface area contributed by atoms with Crippen molar-refractivity contribution in [3.63, 3.8) is 0 Å². The Morgan fingerprint density at radius 1 is 1.03 bits per heavy atom. The van der Waals surface area contributed by atoms with Gasteiger partial charge in [0.2, 0.25) is 0 Å². The highest BCUT2D eigenvalue weighted by Gasteiger charge is 2.21. The van der Waals surface area contributed by atoms with Crippen LogP contribution in [0.5, 0.6) is 0 Å². The van der Waals surface area contributed by atoms with Gasteiger partial charge < -0.3 is 10.2 Å². The molecule has 0 saturated carbocycles. The fourth-order valence-corrected chi connectivity index (χ4v) is 3.77. The minimum absolute atomic E-state index is 0.318. The predicted molar refractivity (Wildman–Crippen MR) is 114 cm³/mol. The summed E-state index contributed by atoms with van der Waals surface area (Å²) in [5, 5.41) is 16.9. The summed E-state index contributed by atoms with van der Waals surface area (Å²) in [7, 11) is 0. The number of aromatic nitrogens is 5. The van der Waals surface area contributed by atoms with Crippen molar-refractivity contribution in [1.82, 2.24) is 24.6 Å². The van der Waals surface area contributed by atoms with E-state index in [1.54, 1.807) is 10.7 Å². The van der Waals surface area contributed by atoms with Gasteiger partial charge in [-0.15, -0.1) is 0 Å². The number of hydrogen-bond donors (Lipinski definition) is 1. The molecule has 8 heteroatoms. The van der Waals surface area contributed by atoms with Gasteiger partial charge in [0.1, 0.15) is 24.0 Å². The number of nitrogens with zero attached hydrogens (tertiary/aromatic N) is 7. The fraction of sp³-hybridized carbons (Fsp3) is 0.227. The lowest BCUT2D eigenvalue weighted by Crippen LogP contribution is -2.39. The number of fused-ring (bicyclic) bond motifs is 1. The van der Waals surface area contributed by atoms with Crippen molar-refractivity contribution >= 4 is 17.4 Å². The van der Waals surface area contributed by atoms with E-state index in [4.69, 9.17) is 5.26 Å². The lowest BCUT2D eigenvalue weighted by Gasteiger charge is -2.33. The van der Waals surface area contributed by atoms with E-state index in [2.05, 4.69) is 36.3 Å².